The van der Waals surface area contributed by atoms with E-state index in [-0.39, 0.29) is 0 Å². The number of benzene rings is 1. The predicted octanol–water partition coefficient (Wildman–Crippen LogP) is 3.71. The molecule has 0 fully saturated rings. The van der Waals surface area contributed by atoms with Crippen LogP contribution >= 0.6 is 27.5 Å². The zero-order chi connectivity index (χ0) is 10.4. The number of methoxy groups -OCH3 is 1. The fourth-order valence-corrected chi connectivity index (χ4v) is 1.89. The highest BCUT2D eigenvalue weighted by Crippen LogP contribution is 2.20. The molecule has 0 unspecified atom stereocenters. The Hall–Kier alpha value is -0.470. The van der Waals surface area contributed by atoms with Crippen molar-refractivity contribution in [2.24, 2.45) is 0 Å². The Kier molecular flexibility index (Phi) is 5.05. The number of rotatable bonds is 4. The molecule has 0 aliphatic rings. The SMILES string of the molecule is COc1ccc(C(=CCCl)CBr)cc1. The third-order valence-corrected chi connectivity index (χ3v) is 2.69. The summed E-state index contributed by atoms with van der Waals surface area (Å²) in [4.78, 5) is 0. The van der Waals surface area contributed by atoms with Crippen molar-refractivity contribution in [3.8, 4) is 5.75 Å². The Morgan fingerprint density at radius 2 is 2.07 bits per heavy atom. The summed E-state index contributed by atoms with van der Waals surface area (Å²) in [6.45, 7) is 0. The van der Waals surface area contributed by atoms with Gasteiger partial charge in [-0.05, 0) is 23.3 Å². The van der Waals surface area contributed by atoms with Crippen molar-refractivity contribution in [2.45, 2.75) is 0 Å². The van der Waals surface area contributed by atoms with E-state index in [0.29, 0.717) is 5.88 Å². The molecule has 0 aliphatic heterocycles. The monoisotopic (exact) mass is 274 g/mol. The van der Waals surface area contributed by atoms with Crippen LogP contribution in [0.2, 0.25) is 0 Å². The van der Waals surface area contributed by atoms with E-state index in [1.165, 1.54) is 11.1 Å². The number of allylic oxidation sites excluding steroid dienone is 2. The lowest BCUT2D eigenvalue weighted by Crippen LogP contribution is -1.88. The van der Waals surface area contributed by atoms with Crippen LogP contribution in [0.25, 0.3) is 5.57 Å². The summed E-state index contributed by atoms with van der Waals surface area (Å²) < 4.78 is 5.09. The van der Waals surface area contributed by atoms with Crippen LogP contribution in [0, 0.1) is 0 Å². The maximum Gasteiger partial charge on any atom is 0.118 e. The Balaban J connectivity index is 2.89. The van der Waals surface area contributed by atoms with Gasteiger partial charge in [-0.2, -0.15) is 0 Å². The molecule has 0 aromatic heterocycles. The van der Waals surface area contributed by atoms with E-state index < -0.39 is 0 Å². The van der Waals surface area contributed by atoms with Crippen molar-refractivity contribution < 1.29 is 4.74 Å². The van der Waals surface area contributed by atoms with E-state index in [1.54, 1.807) is 7.11 Å². The summed E-state index contributed by atoms with van der Waals surface area (Å²) in [7, 11) is 1.66. The lowest BCUT2D eigenvalue weighted by Gasteiger charge is -2.05. The van der Waals surface area contributed by atoms with E-state index in [0.717, 1.165) is 11.1 Å². The molecule has 0 radical (unpaired) electrons. The van der Waals surface area contributed by atoms with Crippen LogP contribution in [0.3, 0.4) is 0 Å². The number of alkyl halides is 2. The Morgan fingerprint density at radius 3 is 2.50 bits per heavy atom. The molecule has 1 nitrogen and oxygen atoms in total. The zero-order valence-corrected chi connectivity index (χ0v) is 10.3. The minimum Gasteiger partial charge on any atom is -0.497 e. The second-order valence-corrected chi connectivity index (χ2v) is 3.62. The zero-order valence-electron chi connectivity index (χ0n) is 7.97. The quantitative estimate of drug-likeness (QED) is 0.761. The van der Waals surface area contributed by atoms with Gasteiger partial charge in [0.25, 0.3) is 0 Å². The van der Waals surface area contributed by atoms with E-state index in [2.05, 4.69) is 15.9 Å². The molecule has 14 heavy (non-hydrogen) atoms. The fourth-order valence-electron chi connectivity index (χ4n) is 1.15. The van der Waals surface area contributed by atoms with Gasteiger partial charge in [0.15, 0.2) is 0 Å². The number of hydrogen-bond donors (Lipinski definition) is 0. The molecule has 0 bridgehead atoms. The van der Waals surface area contributed by atoms with Gasteiger partial charge in [0, 0.05) is 11.2 Å². The van der Waals surface area contributed by atoms with Crippen LogP contribution in [0.1, 0.15) is 5.56 Å². The first-order valence-electron chi connectivity index (χ1n) is 4.27. The normalized spacial score (nSPS) is 11.5. The summed E-state index contributed by atoms with van der Waals surface area (Å²) in [6.07, 6.45) is 2.00. The summed E-state index contributed by atoms with van der Waals surface area (Å²) >= 11 is 9.09. The van der Waals surface area contributed by atoms with Crippen LogP contribution in [0.15, 0.2) is 30.3 Å². The standard InChI is InChI=1S/C11H12BrClO/c1-14-11-4-2-9(3-5-11)10(8-12)6-7-13/h2-6H,7-8H2,1H3. The lowest BCUT2D eigenvalue weighted by molar-refractivity contribution is 0.415. The number of hydrogen-bond acceptors (Lipinski definition) is 1. The van der Waals surface area contributed by atoms with Crippen molar-refractivity contribution in [1.82, 2.24) is 0 Å². The minimum atomic E-state index is 0.535. The molecule has 0 heterocycles. The van der Waals surface area contributed by atoms with Gasteiger partial charge in [-0.3, -0.25) is 0 Å². The first-order valence-corrected chi connectivity index (χ1v) is 5.92. The first kappa shape index (κ1) is 11.6. The molecule has 1 rings (SSSR count). The Labute approximate surface area is 97.9 Å². The van der Waals surface area contributed by atoms with Crippen LogP contribution < -0.4 is 4.74 Å². The van der Waals surface area contributed by atoms with Gasteiger partial charge < -0.3 is 4.74 Å². The highest BCUT2D eigenvalue weighted by Gasteiger charge is 1.99. The van der Waals surface area contributed by atoms with Crippen molar-refractivity contribution >= 4 is 33.1 Å². The molecular weight excluding hydrogens is 263 g/mol. The molecule has 76 valence electrons. The molecular formula is C11H12BrClO. The van der Waals surface area contributed by atoms with Crippen molar-refractivity contribution in [2.75, 3.05) is 18.3 Å². The molecule has 0 atom stereocenters. The van der Waals surface area contributed by atoms with E-state index >= 15 is 0 Å². The van der Waals surface area contributed by atoms with Gasteiger partial charge in [-0.25, -0.2) is 0 Å². The topological polar surface area (TPSA) is 9.23 Å². The van der Waals surface area contributed by atoms with Gasteiger partial charge >= 0.3 is 0 Å². The third-order valence-electron chi connectivity index (χ3n) is 1.93. The van der Waals surface area contributed by atoms with Crippen molar-refractivity contribution in [1.29, 1.82) is 0 Å². The maximum absolute atomic E-state index is 5.66. The Morgan fingerprint density at radius 1 is 1.43 bits per heavy atom. The largest absolute Gasteiger partial charge is 0.497 e. The number of halogens is 2. The Bertz CT molecular complexity index is 306. The maximum atomic E-state index is 5.66. The van der Waals surface area contributed by atoms with E-state index in [4.69, 9.17) is 16.3 Å². The third kappa shape index (κ3) is 3.03. The summed E-state index contributed by atoms with van der Waals surface area (Å²) in [5.41, 5.74) is 2.37. The summed E-state index contributed by atoms with van der Waals surface area (Å²) in [6, 6.07) is 7.94. The second kappa shape index (κ2) is 6.10. The second-order valence-electron chi connectivity index (χ2n) is 2.75. The molecule has 0 aliphatic carbocycles. The van der Waals surface area contributed by atoms with Crippen LogP contribution in [-0.4, -0.2) is 18.3 Å². The fraction of sp³-hybridized carbons (Fsp3) is 0.273. The molecule has 0 spiro atoms. The molecule has 0 amide bonds. The molecule has 1 aromatic rings. The highest BCUT2D eigenvalue weighted by atomic mass is 79.9. The highest BCUT2D eigenvalue weighted by molar-refractivity contribution is 9.09. The van der Waals surface area contributed by atoms with Crippen LogP contribution in [0.5, 0.6) is 5.75 Å². The van der Waals surface area contributed by atoms with Gasteiger partial charge in [0.05, 0.1) is 7.11 Å². The summed E-state index contributed by atoms with van der Waals surface area (Å²) in [5.74, 6) is 1.40. The minimum absolute atomic E-state index is 0.535. The smallest absolute Gasteiger partial charge is 0.118 e. The van der Waals surface area contributed by atoms with Crippen molar-refractivity contribution in [3.63, 3.8) is 0 Å². The molecule has 1 aromatic carbocycles. The average molecular weight is 276 g/mol. The van der Waals surface area contributed by atoms with Crippen LogP contribution in [-0.2, 0) is 0 Å². The average Bonchev–Trinajstić information content (AvgIpc) is 2.26. The van der Waals surface area contributed by atoms with Gasteiger partial charge in [0.2, 0.25) is 0 Å². The van der Waals surface area contributed by atoms with E-state index in [1.807, 2.05) is 30.3 Å². The first-order chi connectivity index (χ1) is 6.81. The molecule has 3 heteroatoms. The van der Waals surface area contributed by atoms with Gasteiger partial charge in [-0.15, -0.1) is 11.6 Å². The van der Waals surface area contributed by atoms with E-state index in [9.17, 15) is 0 Å². The molecule has 0 saturated heterocycles. The van der Waals surface area contributed by atoms with Crippen molar-refractivity contribution in [3.05, 3.63) is 35.9 Å². The summed E-state index contributed by atoms with van der Waals surface area (Å²) in [5, 5.41) is 0.812. The predicted molar refractivity (Wildman–Crippen MR) is 65.5 cm³/mol. The number of ether oxygens (including phenoxy) is 1. The van der Waals surface area contributed by atoms with Gasteiger partial charge in [0.1, 0.15) is 5.75 Å². The van der Waals surface area contributed by atoms with Gasteiger partial charge in [-0.1, -0.05) is 34.1 Å². The molecule has 0 N–H and O–H groups in total. The van der Waals surface area contributed by atoms with Crippen LogP contribution in [0.4, 0.5) is 0 Å². The molecule has 0 saturated carbocycles. The lowest BCUT2D eigenvalue weighted by atomic mass is 10.1.